The van der Waals surface area contributed by atoms with E-state index in [1.165, 1.54) is 16.9 Å². The van der Waals surface area contributed by atoms with Crippen molar-refractivity contribution in [2.75, 3.05) is 0 Å². The fraction of sp³-hybridized carbons (Fsp3) is 0.312. The number of para-hydroxylation sites is 1. The highest BCUT2D eigenvalue weighted by Gasteiger charge is 2.14. The smallest absolute Gasteiger partial charge is 0.346 e. The standard InChI is InChI=1S/C16H18O3S/c1-3-11(2)13-6-4-5-7-14(13)19-10-12-8-9-20-15(12)16(17)18/h4-9,11H,3,10H2,1-2H3,(H,17,18). The highest BCUT2D eigenvalue weighted by Crippen LogP contribution is 2.29. The van der Waals surface area contributed by atoms with Gasteiger partial charge in [-0.05, 0) is 35.4 Å². The van der Waals surface area contributed by atoms with Gasteiger partial charge in [0.15, 0.2) is 0 Å². The lowest BCUT2D eigenvalue weighted by Crippen LogP contribution is -2.04. The van der Waals surface area contributed by atoms with Gasteiger partial charge in [-0.3, -0.25) is 0 Å². The van der Waals surface area contributed by atoms with Gasteiger partial charge in [0, 0.05) is 5.56 Å². The van der Waals surface area contributed by atoms with Gasteiger partial charge < -0.3 is 9.84 Å². The number of benzene rings is 1. The van der Waals surface area contributed by atoms with E-state index in [1.54, 1.807) is 11.4 Å². The zero-order valence-corrected chi connectivity index (χ0v) is 12.4. The molecule has 0 saturated carbocycles. The Morgan fingerprint density at radius 2 is 2.10 bits per heavy atom. The Bertz CT molecular complexity index is 589. The molecule has 0 aliphatic rings. The largest absolute Gasteiger partial charge is 0.489 e. The molecule has 0 bridgehead atoms. The quantitative estimate of drug-likeness (QED) is 0.849. The summed E-state index contributed by atoms with van der Waals surface area (Å²) >= 11 is 1.23. The molecule has 1 N–H and O–H groups in total. The molecule has 0 amide bonds. The van der Waals surface area contributed by atoms with Crippen molar-refractivity contribution in [2.24, 2.45) is 0 Å². The molecule has 2 aromatic rings. The van der Waals surface area contributed by atoms with Crippen LogP contribution in [0.2, 0.25) is 0 Å². The average Bonchev–Trinajstić information content (AvgIpc) is 2.93. The molecule has 1 aromatic carbocycles. The zero-order chi connectivity index (χ0) is 14.5. The SMILES string of the molecule is CCC(C)c1ccccc1OCc1ccsc1C(=O)O. The van der Waals surface area contributed by atoms with E-state index in [-0.39, 0.29) is 0 Å². The molecule has 0 fully saturated rings. The van der Waals surface area contributed by atoms with Crippen molar-refractivity contribution in [1.29, 1.82) is 0 Å². The molecule has 3 nitrogen and oxygen atoms in total. The van der Waals surface area contributed by atoms with E-state index in [9.17, 15) is 4.79 Å². The van der Waals surface area contributed by atoms with Crippen LogP contribution in [-0.4, -0.2) is 11.1 Å². The van der Waals surface area contributed by atoms with Crippen LogP contribution in [0.15, 0.2) is 35.7 Å². The Balaban J connectivity index is 2.15. The maximum atomic E-state index is 11.1. The van der Waals surface area contributed by atoms with Crippen LogP contribution in [0.3, 0.4) is 0 Å². The summed E-state index contributed by atoms with van der Waals surface area (Å²) in [5.74, 6) is 0.366. The molecule has 20 heavy (non-hydrogen) atoms. The van der Waals surface area contributed by atoms with Gasteiger partial charge in [0.2, 0.25) is 0 Å². The molecule has 1 unspecified atom stereocenters. The van der Waals surface area contributed by atoms with Crippen molar-refractivity contribution in [3.05, 3.63) is 51.7 Å². The summed E-state index contributed by atoms with van der Waals surface area (Å²) in [5.41, 5.74) is 1.89. The topological polar surface area (TPSA) is 46.5 Å². The summed E-state index contributed by atoms with van der Waals surface area (Å²) in [6, 6.07) is 9.75. The van der Waals surface area contributed by atoms with Crippen LogP contribution in [0.25, 0.3) is 0 Å². The maximum absolute atomic E-state index is 11.1. The number of carbonyl (C=O) groups is 1. The third-order valence-electron chi connectivity index (χ3n) is 3.39. The molecule has 4 heteroatoms. The number of hydrogen-bond acceptors (Lipinski definition) is 3. The first-order valence-corrected chi connectivity index (χ1v) is 7.52. The third-order valence-corrected chi connectivity index (χ3v) is 4.33. The molecular formula is C16H18O3S. The maximum Gasteiger partial charge on any atom is 0.346 e. The second-order valence-corrected chi connectivity index (χ2v) is 5.63. The molecule has 1 atom stereocenters. The van der Waals surface area contributed by atoms with Crippen LogP contribution in [0.5, 0.6) is 5.75 Å². The monoisotopic (exact) mass is 290 g/mol. The van der Waals surface area contributed by atoms with E-state index in [4.69, 9.17) is 9.84 Å². The van der Waals surface area contributed by atoms with E-state index in [0.717, 1.165) is 17.7 Å². The molecule has 2 rings (SSSR count). The number of hydrogen-bond donors (Lipinski definition) is 1. The first kappa shape index (κ1) is 14.6. The number of carboxylic acids is 1. The highest BCUT2D eigenvalue weighted by atomic mass is 32.1. The summed E-state index contributed by atoms with van der Waals surface area (Å²) in [7, 11) is 0. The Morgan fingerprint density at radius 3 is 2.80 bits per heavy atom. The lowest BCUT2D eigenvalue weighted by Gasteiger charge is -2.15. The van der Waals surface area contributed by atoms with E-state index < -0.39 is 5.97 Å². The predicted molar refractivity (Wildman–Crippen MR) is 80.8 cm³/mol. The Labute approximate surface area is 122 Å². The van der Waals surface area contributed by atoms with E-state index >= 15 is 0 Å². The molecule has 0 spiro atoms. The van der Waals surface area contributed by atoms with Crippen LogP contribution < -0.4 is 4.74 Å². The van der Waals surface area contributed by atoms with Gasteiger partial charge in [0.05, 0.1) is 0 Å². The summed E-state index contributed by atoms with van der Waals surface area (Å²) < 4.78 is 5.84. The molecule has 0 radical (unpaired) electrons. The van der Waals surface area contributed by atoms with E-state index in [0.29, 0.717) is 17.4 Å². The van der Waals surface area contributed by atoms with Gasteiger partial charge in [-0.1, -0.05) is 32.0 Å². The van der Waals surface area contributed by atoms with Crippen molar-refractivity contribution in [3.63, 3.8) is 0 Å². The lowest BCUT2D eigenvalue weighted by atomic mass is 9.98. The highest BCUT2D eigenvalue weighted by molar-refractivity contribution is 7.12. The number of rotatable bonds is 6. The average molecular weight is 290 g/mol. The third kappa shape index (κ3) is 3.20. The van der Waals surface area contributed by atoms with Crippen molar-refractivity contribution in [3.8, 4) is 5.75 Å². The minimum atomic E-state index is -0.895. The predicted octanol–water partition coefficient (Wildman–Crippen LogP) is 4.54. The Morgan fingerprint density at radius 1 is 1.35 bits per heavy atom. The molecule has 1 aromatic heterocycles. The van der Waals surface area contributed by atoms with Crippen LogP contribution in [0.4, 0.5) is 0 Å². The van der Waals surface area contributed by atoms with Crippen molar-refractivity contribution in [2.45, 2.75) is 32.8 Å². The Kier molecular flexibility index (Phi) is 4.79. The van der Waals surface area contributed by atoms with Crippen molar-refractivity contribution < 1.29 is 14.6 Å². The number of aromatic carboxylic acids is 1. The van der Waals surface area contributed by atoms with Gasteiger partial charge in [0.1, 0.15) is 17.2 Å². The number of thiophene rings is 1. The molecule has 0 aliphatic heterocycles. The van der Waals surface area contributed by atoms with Crippen LogP contribution in [-0.2, 0) is 6.61 Å². The van der Waals surface area contributed by atoms with Crippen LogP contribution in [0, 0.1) is 0 Å². The minimum absolute atomic E-state index is 0.290. The number of ether oxygens (including phenoxy) is 1. The zero-order valence-electron chi connectivity index (χ0n) is 11.6. The summed E-state index contributed by atoms with van der Waals surface area (Å²) in [6.07, 6.45) is 1.04. The van der Waals surface area contributed by atoms with Crippen LogP contribution in [0.1, 0.15) is 47.0 Å². The van der Waals surface area contributed by atoms with E-state index in [2.05, 4.69) is 19.9 Å². The molecule has 106 valence electrons. The van der Waals surface area contributed by atoms with E-state index in [1.807, 2.05) is 18.2 Å². The molecule has 0 aliphatic carbocycles. The van der Waals surface area contributed by atoms with Gasteiger partial charge in [-0.2, -0.15) is 0 Å². The minimum Gasteiger partial charge on any atom is -0.489 e. The Hall–Kier alpha value is -1.81. The second-order valence-electron chi connectivity index (χ2n) is 4.72. The van der Waals surface area contributed by atoms with Crippen LogP contribution >= 0.6 is 11.3 Å². The molecule has 1 heterocycles. The van der Waals surface area contributed by atoms with Gasteiger partial charge in [0.25, 0.3) is 0 Å². The van der Waals surface area contributed by atoms with Crippen molar-refractivity contribution in [1.82, 2.24) is 0 Å². The second kappa shape index (κ2) is 6.57. The summed E-state index contributed by atoms with van der Waals surface area (Å²) in [6.45, 7) is 4.59. The summed E-state index contributed by atoms with van der Waals surface area (Å²) in [4.78, 5) is 11.4. The molecule has 0 saturated heterocycles. The fourth-order valence-corrected chi connectivity index (χ4v) is 2.78. The first-order valence-electron chi connectivity index (χ1n) is 6.64. The van der Waals surface area contributed by atoms with Crippen molar-refractivity contribution >= 4 is 17.3 Å². The van der Waals surface area contributed by atoms with Gasteiger partial charge in [-0.25, -0.2) is 4.79 Å². The first-order chi connectivity index (χ1) is 9.63. The molecular weight excluding hydrogens is 272 g/mol. The summed E-state index contributed by atoms with van der Waals surface area (Å²) in [5, 5.41) is 10.9. The normalized spacial score (nSPS) is 12.1. The fourth-order valence-electron chi connectivity index (χ4n) is 2.03. The number of carboxylic acid groups (broad SMARTS) is 1. The van der Waals surface area contributed by atoms with Gasteiger partial charge >= 0.3 is 5.97 Å². The van der Waals surface area contributed by atoms with Gasteiger partial charge in [-0.15, -0.1) is 11.3 Å². The lowest BCUT2D eigenvalue weighted by molar-refractivity contribution is 0.0699.